The second kappa shape index (κ2) is 28.6. The zero-order valence-corrected chi connectivity index (χ0v) is 44.4. The highest BCUT2D eigenvalue weighted by Gasteiger charge is 2.35. The summed E-state index contributed by atoms with van der Waals surface area (Å²) in [4.78, 5) is 140. The lowest BCUT2D eigenvalue weighted by atomic mass is 10.0. The highest BCUT2D eigenvalue weighted by Crippen LogP contribution is 2.20. The van der Waals surface area contributed by atoms with E-state index in [1.807, 2.05) is 54.6 Å². The minimum absolute atomic E-state index is 0.0634. The molecule has 0 saturated carbocycles. The van der Waals surface area contributed by atoms with Crippen LogP contribution in [-0.4, -0.2) is 145 Å². The molecule has 0 unspecified atom stereocenters. The molecule has 3 aromatic heterocycles. The number of carbonyl (C=O) groups excluding carboxylic acids is 8. The summed E-state index contributed by atoms with van der Waals surface area (Å²) in [5, 5.41) is 35.1. The molecule has 2 aromatic carbocycles. The Hall–Kier alpha value is -8.41. The monoisotopic (exact) mass is 1080 g/mol. The minimum Gasteiger partial charge on any atom is -0.480 e. The summed E-state index contributed by atoms with van der Waals surface area (Å²) >= 11 is 0. The van der Waals surface area contributed by atoms with Crippen LogP contribution in [0.3, 0.4) is 0 Å². The number of para-hydroxylation sites is 1. The van der Waals surface area contributed by atoms with Crippen LogP contribution < -0.4 is 47.9 Å². The summed E-state index contributed by atoms with van der Waals surface area (Å²) in [7, 11) is 0. The smallest absolute Gasteiger partial charge is 0.326 e. The van der Waals surface area contributed by atoms with Crippen molar-refractivity contribution in [2.75, 3.05) is 13.1 Å². The van der Waals surface area contributed by atoms with Crippen LogP contribution >= 0.6 is 0 Å². The number of benzene rings is 2. The molecule has 418 valence electrons. The fourth-order valence-electron chi connectivity index (χ4n) is 9.00. The molecule has 8 atom stereocenters. The maximum absolute atomic E-state index is 14.6. The van der Waals surface area contributed by atoms with Gasteiger partial charge in [0, 0.05) is 55.2 Å². The number of aromatic amines is 3. The van der Waals surface area contributed by atoms with E-state index in [9.17, 15) is 48.3 Å². The maximum atomic E-state index is 14.6. The van der Waals surface area contributed by atoms with Gasteiger partial charge in [-0.05, 0) is 61.8 Å². The molecule has 78 heavy (non-hydrogen) atoms. The van der Waals surface area contributed by atoms with Gasteiger partial charge in [-0.25, -0.2) is 14.8 Å². The van der Waals surface area contributed by atoms with E-state index >= 15 is 0 Å². The van der Waals surface area contributed by atoms with Crippen molar-refractivity contribution in [1.82, 2.24) is 72.8 Å². The van der Waals surface area contributed by atoms with E-state index in [-0.39, 0.29) is 43.9 Å². The van der Waals surface area contributed by atoms with Crippen LogP contribution in [0.2, 0.25) is 0 Å². The standard InChI is InChI=1S/C54H72N14O10/c1-30(2)19-44(54(77)78)67-51(74)42(22-35-25-55-28-60-35)63-45(69)27-59-53(76)46(31(3)4)68-47(70)32(5)62-49(72)41(21-34-24-58-38-16-10-9-15-37(34)38)65-52(75)43(23-36-26-56-29-61-36)66-50(73)40(20-33-13-7-6-8-14-33)64-48(71)39-17-11-12-18-57-39/h6-10,13-16,24-26,28-32,39-44,46,57-58H,11-12,17-23,27H2,1-5H3,(H,55,60)(H,56,61)(H,59,76)(H,62,72)(H,63,69)(H,64,71)(H,65,75)(H,66,73)(H,67,74)(H,68,70)(H,77,78)/t32-,39-,40+,41-,42-,43-,44-,46-/m0/s1. The van der Waals surface area contributed by atoms with Gasteiger partial charge in [-0.15, -0.1) is 0 Å². The number of piperidine rings is 1. The summed E-state index contributed by atoms with van der Waals surface area (Å²) in [6.07, 6.45) is 9.95. The second-order valence-corrected chi connectivity index (χ2v) is 20.3. The maximum Gasteiger partial charge on any atom is 0.326 e. The van der Waals surface area contributed by atoms with Crippen molar-refractivity contribution in [3.8, 4) is 0 Å². The normalized spacial score (nSPS) is 16.1. The Morgan fingerprint density at radius 3 is 1.76 bits per heavy atom. The van der Waals surface area contributed by atoms with Crippen molar-refractivity contribution in [3.63, 3.8) is 0 Å². The number of carboxylic acids is 1. The first-order valence-corrected chi connectivity index (χ1v) is 26.2. The minimum atomic E-state index is -1.34. The first-order valence-electron chi connectivity index (χ1n) is 26.2. The third kappa shape index (κ3) is 17.6. The molecule has 4 heterocycles. The van der Waals surface area contributed by atoms with Gasteiger partial charge in [-0.3, -0.25) is 38.4 Å². The van der Waals surface area contributed by atoms with E-state index in [2.05, 4.69) is 72.8 Å². The van der Waals surface area contributed by atoms with Gasteiger partial charge < -0.3 is 67.9 Å². The van der Waals surface area contributed by atoms with Crippen molar-refractivity contribution in [2.45, 2.75) is 134 Å². The third-order valence-electron chi connectivity index (χ3n) is 13.2. The van der Waals surface area contributed by atoms with Crippen LogP contribution in [0.5, 0.6) is 0 Å². The molecule has 0 spiro atoms. The number of H-pyrrole nitrogens is 3. The Labute approximate surface area is 451 Å². The first-order chi connectivity index (χ1) is 37.3. The molecule has 0 bridgehead atoms. The molecule has 24 nitrogen and oxygen atoms in total. The van der Waals surface area contributed by atoms with Crippen LogP contribution in [0, 0.1) is 11.8 Å². The number of amides is 8. The number of nitrogens with zero attached hydrogens (tertiary/aromatic N) is 2. The molecule has 5 aromatic rings. The number of hydrogen-bond donors (Lipinski definition) is 13. The lowest BCUT2D eigenvalue weighted by Crippen LogP contribution is -2.60. The van der Waals surface area contributed by atoms with E-state index in [1.165, 1.54) is 25.8 Å². The molecular weight excluding hydrogens is 1000 g/mol. The number of hydrogen-bond acceptors (Lipinski definition) is 12. The van der Waals surface area contributed by atoms with Gasteiger partial charge in [0.1, 0.15) is 42.3 Å². The molecule has 13 N–H and O–H groups in total. The van der Waals surface area contributed by atoms with Gasteiger partial charge >= 0.3 is 5.97 Å². The van der Waals surface area contributed by atoms with Crippen LogP contribution in [0.1, 0.15) is 82.8 Å². The van der Waals surface area contributed by atoms with Crippen LogP contribution in [-0.2, 0) is 68.8 Å². The molecule has 24 heteroatoms. The summed E-state index contributed by atoms with van der Waals surface area (Å²) in [6, 6.07) is 7.27. The number of rotatable bonds is 28. The first kappa shape index (κ1) is 58.8. The SMILES string of the molecule is CC(C)C[C@H](NC(=O)[C@H](Cc1c[nH]cn1)NC(=O)CNC(=O)[C@@H](NC(=O)[C@H](C)NC(=O)[C@H](Cc1c[nH]c2ccccc12)NC(=O)[C@H](Cc1c[nH]cn1)NC(=O)[C@@H](Cc1ccccc1)NC(=O)[C@@H]1CCCCN1)C(C)C)C(=O)O. The lowest BCUT2D eigenvalue weighted by molar-refractivity contribution is -0.142. The summed E-state index contributed by atoms with van der Waals surface area (Å²) < 4.78 is 0. The van der Waals surface area contributed by atoms with Crippen molar-refractivity contribution in [2.24, 2.45) is 11.8 Å². The molecule has 1 saturated heterocycles. The molecule has 1 fully saturated rings. The Bertz CT molecular complexity index is 2810. The van der Waals surface area contributed by atoms with E-state index in [1.54, 1.807) is 40.1 Å². The average molecular weight is 1080 g/mol. The Morgan fingerprint density at radius 1 is 0.603 bits per heavy atom. The second-order valence-electron chi connectivity index (χ2n) is 20.3. The highest BCUT2D eigenvalue weighted by atomic mass is 16.4. The summed E-state index contributed by atoms with van der Waals surface area (Å²) in [5.41, 5.74) is 3.02. The molecule has 1 aliphatic rings. The van der Waals surface area contributed by atoms with E-state index in [0.29, 0.717) is 29.9 Å². The summed E-state index contributed by atoms with van der Waals surface area (Å²) in [6.45, 7) is 8.35. The van der Waals surface area contributed by atoms with Gasteiger partial charge in [-0.2, -0.15) is 0 Å². The number of aliphatic carboxylic acids is 1. The number of imidazole rings is 2. The fraction of sp³-hybridized carbons (Fsp3) is 0.463. The predicted molar refractivity (Wildman–Crippen MR) is 287 cm³/mol. The van der Waals surface area contributed by atoms with Crippen molar-refractivity contribution in [3.05, 3.63) is 108 Å². The largest absolute Gasteiger partial charge is 0.480 e. The van der Waals surface area contributed by atoms with Crippen molar-refractivity contribution in [1.29, 1.82) is 0 Å². The molecular formula is C54H72N14O10. The number of carboxylic acid groups (broad SMARTS) is 1. The van der Waals surface area contributed by atoms with Gasteiger partial charge in [0.15, 0.2) is 0 Å². The fourth-order valence-corrected chi connectivity index (χ4v) is 9.00. The number of nitrogens with one attached hydrogen (secondary N) is 12. The van der Waals surface area contributed by atoms with E-state index < -0.39 is 108 Å². The van der Waals surface area contributed by atoms with Gasteiger partial charge in [0.25, 0.3) is 0 Å². The van der Waals surface area contributed by atoms with Crippen LogP contribution in [0.15, 0.2) is 85.8 Å². The number of aromatic nitrogens is 5. The Morgan fingerprint density at radius 2 is 1.18 bits per heavy atom. The zero-order chi connectivity index (χ0) is 56.3. The predicted octanol–water partition coefficient (Wildman–Crippen LogP) is 0.343. The van der Waals surface area contributed by atoms with E-state index in [4.69, 9.17) is 0 Å². The van der Waals surface area contributed by atoms with Crippen LogP contribution in [0.25, 0.3) is 10.9 Å². The zero-order valence-electron chi connectivity index (χ0n) is 44.4. The topological polar surface area (TPSA) is 355 Å². The van der Waals surface area contributed by atoms with Crippen molar-refractivity contribution >= 4 is 64.1 Å². The third-order valence-corrected chi connectivity index (χ3v) is 13.2. The van der Waals surface area contributed by atoms with Crippen molar-refractivity contribution < 1.29 is 48.3 Å². The van der Waals surface area contributed by atoms with E-state index in [0.717, 1.165) is 29.3 Å². The van der Waals surface area contributed by atoms with Gasteiger partial charge in [0.2, 0.25) is 47.3 Å². The average Bonchev–Trinajstić information content (AvgIpc) is 4.23. The lowest BCUT2D eigenvalue weighted by Gasteiger charge is -2.28. The van der Waals surface area contributed by atoms with Crippen LogP contribution in [0.4, 0.5) is 0 Å². The highest BCUT2D eigenvalue weighted by molar-refractivity contribution is 5.98. The molecule has 0 aliphatic carbocycles. The molecule has 1 aliphatic heterocycles. The number of carbonyl (C=O) groups is 9. The molecule has 0 radical (unpaired) electrons. The Kier molecular flexibility index (Phi) is 21.6. The molecule has 8 amide bonds. The Balaban J connectivity index is 1.14. The summed E-state index contributed by atoms with van der Waals surface area (Å²) in [5.74, 6) is -7.45. The van der Waals surface area contributed by atoms with Gasteiger partial charge in [-0.1, -0.05) is 82.6 Å². The quantitative estimate of drug-likeness (QED) is 0.0322. The molecule has 6 rings (SSSR count). The van der Waals surface area contributed by atoms with Gasteiger partial charge in [0.05, 0.1) is 36.6 Å². The number of fused-ring (bicyclic) bond motifs is 1.